The first-order valence-electron chi connectivity index (χ1n) is 12.3. The zero-order valence-corrected chi connectivity index (χ0v) is 22.7. The van der Waals surface area contributed by atoms with Crippen LogP contribution in [-0.4, -0.2) is 81.7 Å². The van der Waals surface area contributed by atoms with Crippen molar-refractivity contribution < 1.29 is 34.1 Å². The Kier molecular flexibility index (Phi) is 10.3. The number of carbonyl (C=O) groups is 4. The van der Waals surface area contributed by atoms with Crippen molar-refractivity contribution in [2.75, 3.05) is 14.1 Å². The highest BCUT2D eigenvalue weighted by Gasteiger charge is 2.35. The summed E-state index contributed by atoms with van der Waals surface area (Å²) >= 11 is 0. The molecule has 0 aliphatic carbocycles. The number of ether oxygens (including phenoxy) is 1. The Morgan fingerprint density at radius 3 is 1.97 bits per heavy atom. The second-order valence-electron chi connectivity index (χ2n) is 10.2. The van der Waals surface area contributed by atoms with E-state index < -0.39 is 47.6 Å². The molecule has 10 heteroatoms. The summed E-state index contributed by atoms with van der Waals surface area (Å²) < 4.78 is 5.46. The topological polar surface area (TPSA) is 136 Å². The van der Waals surface area contributed by atoms with Gasteiger partial charge in [-0.05, 0) is 51.0 Å². The van der Waals surface area contributed by atoms with Crippen LogP contribution >= 0.6 is 0 Å². The lowest BCUT2D eigenvalue weighted by atomic mass is 10.0. The van der Waals surface area contributed by atoms with Gasteiger partial charge in [0.15, 0.2) is 0 Å². The highest BCUT2D eigenvalue weighted by atomic mass is 16.6. The largest absolute Gasteiger partial charge is 0.508 e. The lowest BCUT2D eigenvalue weighted by Gasteiger charge is -2.34. The number of aromatic hydroxyl groups is 1. The molecule has 3 amide bonds. The van der Waals surface area contributed by atoms with Gasteiger partial charge in [-0.15, -0.1) is 0 Å². The number of aliphatic carboxylic acids is 1. The molecule has 0 bridgehead atoms. The first kappa shape index (κ1) is 30.1. The number of nitrogens with zero attached hydrogens (tertiary/aromatic N) is 2. The number of likely N-dealkylation sites (N-methyl/N-ethyl adjacent to an activating group) is 2. The van der Waals surface area contributed by atoms with Crippen molar-refractivity contribution in [2.24, 2.45) is 0 Å². The third-order valence-corrected chi connectivity index (χ3v) is 6.00. The molecule has 0 saturated carbocycles. The highest BCUT2D eigenvalue weighted by Crippen LogP contribution is 2.17. The smallest absolute Gasteiger partial charge is 0.410 e. The molecule has 0 aromatic heterocycles. The number of nitrogens with one attached hydrogen (secondary N) is 1. The molecule has 2 rings (SSSR count). The molecule has 3 atom stereocenters. The van der Waals surface area contributed by atoms with Gasteiger partial charge in [-0.1, -0.05) is 42.5 Å². The van der Waals surface area contributed by atoms with Crippen LogP contribution in [0.1, 0.15) is 38.8 Å². The first-order valence-corrected chi connectivity index (χ1v) is 12.3. The van der Waals surface area contributed by atoms with Crippen molar-refractivity contribution in [1.29, 1.82) is 0 Å². The van der Waals surface area contributed by atoms with Gasteiger partial charge >= 0.3 is 12.1 Å². The third kappa shape index (κ3) is 8.79. The second kappa shape index (κ2) is 12.9. The molecule has 206 valence electrons. The molecule has 3 N–H and O–H groups in total. The Morgan fingerprint density at radius 2 is 1.45 bits per heavy atom. The Labute approximate surface area is 223 Å². The Morgan fingerprint density at radius 1 is 0.895 bits per heavy atom. The van der Waals surface area contributed by atoms with Gasteiger partial charge in [-0.25, -0.2) is 9.59 Å². The molecule has 0 aliphatic rings. The van der Waals surface area contributed by atoms with Gasteiger partial charge in [0.25, 0.3) is 0 Å². The molecule has 10 nitrogen and oxygen atoms in total. The number of phenolic OH excluding ortho intramolecular Hbond substituents is 1. The van der Waals surface area contributed by atoms with E-state index >= 15 is 0 Å². The van der Waals surface area contributed by atoms with Gasteiger partial charge in [0.2, 0.25) is 11.8 Å². The van der Waals surface area contributed by atoms with Gasteiger partial charge in [0.05, 0.1) is 0 Å². The summed E-state index contributed by atoms with van der Waals surface area (Å²) in [5.41, 5.74) is 0.648. The monoisotopic (exact) mass is 527 g/mol. The van der Waals surface area contributed by atoms with E-state index in [0.717, 1.165) is 5.56 Å². The number of benzene rings is 2. The number of amides is 3. The molecule has 0 spiro atoms. The summed E-state index contributed by atoms with van der Waals surface area (Å²) in [4.78, 5) is 53.7. The number of phenols is 1. The molecular weight excluding hydrogens is 490 g/mol. The Balaban J connectivity index is 2.20. The predicted molar refractivity (Wildman–Crippen MR) is 142 cm³/mol. The van der Waals surface area contributed by atoms with E-state index in [9.17, 15) is 29.4 Å². The van der Waals surface area contributed by atoms with Crippen molar-refractivity contribution in [3.8, 4) is 5.75 Å². The van der Waals surface area contributed by atoms with E-state index in [1.807, 2.05) is 30.3 Å². The average Bonchev–Trinajstić information content (AvgIpc) is 2.85. The Bertz CT molecular complexity index is 1110. The zero-order valence-electron chi connectivity index (χ0n) is 22.7. The van der Waals surface area contributed by atoms with Crippen molar-refractivity contribution in [3.05, 3.63) is 65.7 Å². The number of carboxylic acid groups (broad SMARTS) is 1. The van der Waals surface area contributed by atoms with Gasteiger partial charge in [-0.3, -0.25) is 14.5 Å². The summed E-state index contributed by atoms with van der Waals surface area (Å²) in [5, 5.41) is 21.6. The van der Waals surface area contributed by atoms with Crippen LogP contribution in [0.15, 0.2) is 54.6 Å². The van der Waals surface area contributed by atoms with E-state index in [4.69, 9.17) is 4.74 Å². The molecule has 38 heavy (non-hydrogen) atoms. The fraction of sp³-hybridized carbons (Fsp3) is 0.429. The van der Waals surface area contributed by atoms with E-state index in [1.54, 1.807) is 32.9 Å². The van der Waals surface area contributed by atoms with Crippen LogP contribution in [-0.2, 0) is 32.0 Å². The molecule has 2 aromatic carbocycles. The van der Waals surface area contributed by atoms with Crippen LogP contribution < -0.4 is 5.32 Å². The molecule has 2 aromatic rings. The van der Waals surface area contributed by atoms with E-state index in [-0.39, 0.29) is 18.6 Å². The SMILES string of the molecule is C[C@@H](C(=O)N[C@@H](Cc1ccc(O)cc1)C(=O)O)N(C)C(=O)C(Cc1ccccc1)N(C)C(=O)OC(C)(C)C. The number of carboxylic acids is 1. The van der Waals surface area contributed by atoms with Gasteiger partial charge in [-0.2, -0.15) is 0 Å². The minimum absolute atomic E-state index is 0.0102. The van der Waals surface area contributed by atoms with Gasteiger partial charge in [0, 0.05) is 26.9 Å². The molecule has 0 saturated heterocycles. The summed E-state index contributed by atoms with van der Waals surface area (Å²) in [6, 6.07) is 11.9. The number of hydrogen-bond donors (Lipinski definition) is 3. The highest BCUT2D eigenvalue weighted by molar-refractivity contribution is 5.92. The summed E-state index contributed by atoms with van der Waals surface area (Å²) in [6.07, 6.45) is -0.506. The number of hydrogen-bond acceptors (Lipinski definition) is 6. The minimum Gasteiger partial charge on any atom is -0.508 e. The first-order chi connectivity index (χ1) is 17.7. The third-order valence-electron chi connectivity index (χ3n) is 6.00. The van der Waals surface area contributed by atoms with E-state index in [0.29, 0.717) is 5.56 Å². The quantitative estimate of drug-likeness (QED) is 0.432. The van der Waals surface area contributed by atoms with E-state index in [2.05, 4.69) is 5.32 Å². The summed E-state index contributed by atoms with van der Waals surface area (Å²) in [6.45, 7) is 6.66. The van der Waals surface area contributed by atoms with Gasteiger partial charge < -0.3 is 25.2 Å². The van der Waals surface area contributed by atoms with Crippen LogP contribution in [0, 0.1) is 0 Å². The molecule has 0 radical (unpaired) electrons. The lowest BCUT2D eigenvalue weighted by molar-refractivity contribution is -0.145. The summed E-state index contributed by atoms with van der Waals surface area (Å²) in [5.74, 6) is -2.36. The van der Waals surface area contributed by atoms with Crippen LogP contribution in [0.3, 0.4) is 0 Å². The maximum atomic E-state index is 13.6. The molecule has 0 heterocycles. The maximum Gasteiger partial charge on any atom is 0.410 e. The van der Waals surface area contributed by atoms with Gasteiger partial charge in [0.1, 0.15) is 29.5 Å². The molecule has 0 aliphatic heterocycles. The fourth-order valence-corrected chi connectivity index (χ4v) is 3.65. The van der Waals surface area contributed by atoms with Crippen molar-refractivity contribution in [3.63, 3.8) is 0 Å². The van der Waals surface area contributed by atoms with Crippen LogP contribution in [0.25, 0.3) is 0 Å². The van der Waals surface area contributed by atoms with Crippen molar-refractivity contribution >= 4 is 23.9 Å². The summed E-state index contributed by atoms with van der Waals surface area (Å²) in [7, 11) is 2.90. The lowest BCUT2D eigenvalue weighted by Crippen LogP contribution is -2.56. The molecular formula is C28H37N3O7. The van der Waals surface area contributed by atoms with E-state index in [1.165, 1.54) is 43.0 Å². The standard InChI is InChI=1S/C28H37N3O7/c1-18(24(33)29-22(26(35)36)16-20-12-14-21(32)15-13-20)30(5)25(34)23(17-19-10-8-7-9-11-19)31(6)27(37)38-28(2,3)4/h7-15,18,22-23,32H,16-17H2,1-6H3,(H,29,33)(H,35,36)/t18-,22-,23?/m0/s1. The molecule has 0 fully saturated rings. The average molecular weight is 528 g/mol. The predicted octanol–water partition coefficient (Wildman–Crippen LogP) is 2.83. The van der Waals surface area contributed by atoms with Crippen LogP contribution in [0.5, 0.6) is 5.75 Å². The Hall–Kier alpha value is -4.08. The van der Waals surface area contributed by atoms with Crippen molar-refractivity contribution in [2.45, 2.75) is 64.3 Å². The zero-order chi connectivity index (χ0) is 28.6. The second-order valence-corrected chi connectivity index (χ2v) is 10.2. The number of rotatable bonds is 10. The fourth-order valence-electron chi connectivity index (χ4n) is 3.65. The van der Waals surface area contributed by atoms with Crippen molar-refractivity contribution in [1.82, 2.24) is 15.1 Å². The maximum absolute atomic E-state index is 13.6. The molecule has 1 unspecified atom stereocenters. The normalized spacial score (nSPS) is 13.5. The van der Waals surface area contributed by atoms with Crippen LogP contribution in [0.2, 0.25) is 0 Å². The van der Waals surface area contributed by atoms with Crippen LogP contribution in [0.4, 0.5) is 4.79 Å². The minimum atomic E-state index is -1.25. The number of carbonyl (C=O) groups excluding carboxylic acids is 3.